The van der Waals surface area contributed by atoms with Crippen LogP contribution in [0.2, 0.25) is 5.02 Å². The lowest BCUT2D eigenvalue weighted by molar-refractivity contribution is -0.123. The van der Waals surface area contributed by atoms with Crippen molar-refractivity contribution in [2.75, 3.05) is 11.5 Å². The summed E-state index contributed by atoms with van der Waals surface area (Å²) in [5, 5.41) is 3.44. The molecule has 0 atom stereocenters. The van der Waals surface area contributed by atoms with Gasteiger partial charge in [0.25, 0.3) is 5.91 Å². The lowest BCUT2D eigenvalue weighted by atomic mass is 10.2. The molecule has 1 aromatic heterocycles. The normalized spacial score (nSPS) is 11.0. The van der Waals surface area contributed by atoms with Gasteiger partial charge in [-0.15, -0.1) is 0 Å². The number of carbonyl (C=O) groups excluding carboxylic acids is 2. The van der Waals surface area contributed by atoms with Crippen LogP contribution in [-0.2, 0) is 22.7 Å². The van der Waals surface area contributed by atoms with Crippen LogP contribution in [0.3, 0.4) is 0 Å². The zero-order valence-electron chi connectivity index (χ0n) is 19.6. The first-order valence-corrected chi connectivity index (χ1v) is 11.8. The highest BCUT2D eigenvalue weighted by molar-refractivity contribution is 6.30. The Kier molecular flexibility index (Phi) is 7.67. The predicted octanol–water partition coefficient (Wildman–Crippen LogP) is 4.83. The number of hydrogen-bond acceptors (Lipinski definition) is 4. The van der Waals surface area contributed by atoms with Gasteiger partial charge in [-0.25, -0.2) is 4.98 Å². The average Bonchev–Trinajstić information content (AvgIpc) is 3.20. The summed E-state index contributed by atoms with van der Waals surface area (Å²) in [5.41, 5.74) is 2.43. The first kappa shape index (κ1) is 24.3. The smallest absolute Gasteiger partial charge is 0.258 e. The van der Waals surface area contributed by atoms with Gasteiger partial charge in [0.1, 0.15) is 18.1 Å². The Morgan fingerprint density at radius 3 is 2.40 bits per heavy atom. The molecule has 0 fully saturated rings. The van der Waals surface area contributed by atoms with Crippen molar-refractivity contribution in [2.24, 2.45) is 0 Å². The van der Waals surface area contributed by atoms with E-state index in [2.05, 4.69) is 10.3 Å². The van der Waals surface area contributed by atoms with Crippen LogP contribution >= 0.6 is 11.6 Å². The van der Waals surface area contributed by atoms with Gasteiger partial charge < -0.3 is 19.5 Å². The van der Waals surface area contributed by atoms with Crippen LogP contribution in [0.1, 0.15) is 19.7 Å². The molecule has 0 aliphatic carbocycles. The number of benzene rings is 3. The minimum Gasteiger partial charge on any atom is -0.484 e. The van der Waals surface area contributed by atoms with E-state index in [9.17, 15) is 9.59 Å². The average molecular weight is 491 g/mol. The van der Waals surface area contributed by atoms with Crippen molar-refractivity contribution in [3.63, 3.8) is 0 Å². The van der Waals surface area contributed by atoms with E-state index >= 15 is 0 Å². The number of anilines is 1. The van der Waals surface area contributed by atoms with E-state index in [4.69, 9.17) is 16.3 Å². The standard InChI is InChI=1S/C27H27ClN4O3/c1-19(2)32(21-8-4-3-5-9-21)27(34)17-31-24-11-7-6-10-23(24)30-25(31)16-29-26(33)18-35-22-14-12-20(28)13-15-22/h3-15,19H,16-18H2,1-2H3,(H,29,33). The molecule has 180 valence electrons. The summed E-state index contributed by atoms with van der Waals surface area (Å²) >= 11 is 5.88. The summed E-state index contributed by atoms with van der Waals surface area (Å²) in [5.74, 6) is 0.791. The zero-order chi connectivity index (χ0) is 24.8. The van der Waals surface area contributed by atoms with Crippen LogP contribution in [-0.4, -0.2) is 34.0 Å². The minimum absolute atomic E-state index is 0.0205. The van der Waals surface area contributed by atoms with Crippen LogP contribution in [0, 0.1) is 0 Å². The second-order valence-corrected chi connectivity index (χ2v) is 8.75. The van der Waals surface area contributed by atoms with Crippen molar-refractivity contribution in [3.8, 4) is 5.75 Å². The van der Waals surface area contributed by atoms with E-state index in [-0.39, 0.29) is 37.6 Å². The Morgan fingerprint density at radius 2 is 1.69 bits per heavy atom. The maximum atomic E-state index is 13.4. The number of nitrogens with one attached hydrogen (secondary N) is 1. The third-order valence-electron chi connectivity index (χ3n) is 5.47. The summed E-state index contributed by atoms with van der Waals surface area (Å²) < 4.78 is 7.37. The molecule has 2 amide bonds. The fourth-order valence-electron chi connectivity index (χ4n) is 3.88. The fraction of sp³-hybridized carbons (Fsp3) is 0.222. The lowest BCUT2D eigenvalue weighted by Gasteiger charge is -2.27. The first-order valence-electron chi connectivity index (χ1n) is 11.4. The summed E-state index contributed by atoms with van der Waals surface area (Å²) in [6, 6.07) is 24.0. The zero-order valence-corrected chi connectivity index (χ0v) is 20.4. The molecule has 0 aliphatic heterocycles. The molecule has 35 heavy (non-hydrogen) atoms. The van der Waals surface area contributed by atoms with Gasteiger partial charge in [0.15, 0.2) is 6.61 Å². The highest BCUT2D eigenvalue weighted by atomic mass is 35.5. The summed E-state index contributed by atoms with van der Waals surface area (Å²) in [6.45, 7) is 4.09. The summed E-state index contributed by atoms with van der Waals surface area (Å²) in [4.78, 5) is 32.3. The number of halogens is 1. The molecule has 4 rings (SSSR count). The van der Waals surface area contributed by atoms with Crippen LogP contribution < -0.4 is 15.0 Å². The van der Waals surface area contributed by atoms with Gasteiger partial charge in [0.2, 0.25) is 5.91 Å². The number of hydrogen-bond donors (Lipinski definition) is 1. The molecule has 3 aromatic carbocycles. The molecule has 0 saturated heterocycles. The van der Waals surface area contributed by atoms with Gasteiger partial charge in [-0.2, -0.15) is 0 Å². The van der Waals surface area contributed by atoms with Crippen molar-refractivity contribution >= 4 is 40.1 Å². The highest BCUT2D eigenvalue weighted by Crippen LogP contribution is 2.21. The topological polar surface area (TPSA) is 76.5 Å². The third-order valence-corrected chi connectivity index (χ3v) is 5.73. The van der Waals surface area contributed by atoms with E-state index in [1.807, 2.05) is 73.0 Å². The number of aromatic nitrogens is 2. The van der Waals surface area contributed by atoms with Gasteiger partial charge in [-0.05, 0) is 62.4 Å². The number of para-hydroxylation sites is 3. The quantitative estimate of drug-likeness (QED) is 0.364. The van der Waals surface area contributed by atoms with Crippen molar-refractivity contribution in [3.05, 3.63) is 89.7 Å². The van der Waals surface area contributed by atoms with Crippen molar-refractivity contribution in [2.45, 2.75) is 33.0 Å². The van der Waals surface area contributed by atoms with E-state index in [1.165, 1.54) is 0 Å². The Balaban J connectivity index is 1.49. The second kappa shape index (κ2) is 11.1. The van der Waals surface area contributed by atoms with E-state index in [1.54, 1.807) is 29.2 Å². The van der Waals surface area contributed by atoms with Crippen LogP contribution in [0.15, 0.2) is 78.9 Å². The Bertz CT molecular complexity index is 1300. The van der Waals surface area contributed by atoms with Crippen molar-refractivity contribution in [1.82, 2.24) is 14.9 Å². The fourth-order valence-corrected chi connectivity index (χ4v) is 4.00. The molecule has 0 spiro atoms. The molecule has 0 saturated carbocycles. The van der Waals surface area contributed by atoms with E-state index < -0.39 is 0 Å². The molecule has 1 N–H and O–H groups in total. The largest absolute Gasteiger partial charge is 0.484 e. The van der Waals surface area contributed by atoms with Crippen molar-refractivity contribution < 1.29 is 14.3 Å². The molecule has 4 aromatic rings. The minimum atomic E-state index is -0.294. The van der Waals surface area contributed by atoms with Crippen LogP contribution in [0.25, 0.3) is 11.0 Å². The van der Waals surface area contributed by atoms with E-state index in [0.717, 1.165) is 16.7 Å². The lowest BCUT2D eigenvalue weighted by Crippen LogP contribution is -2.39. The number of carbonyl (C=O) groups is 2. The molecule has 0 bridgehead atoms. The van der Waals surface area contributed by atoms with Crippen LogP contribution in [0.5, 0.6) is 5.75 Å². The maximum Gasteiger partial charge on any atom is 0.258 e. The van der Waals surface area contributed by atoms with E-state index in [0.29, 0.717) is 16.6 Å². The maximum absolute atomic E-state index is 13.4. The molecule has 0 aliphatic rings. The van der Waals surface area contributed by atoms with Gasteiger partial charge in [-0.3, -0.25) is 9.59 Å². The number of rotatable bonds is 9. The number of imidazole rings is 1. The Hall–Kier alpha value is -3.84. The molecule has 7 nitrogen and oxygen atoms in total. The molecule has 0 radical (unpaired) electrons. The molecule has 8 heteroatoms. The number of ether oxygens (including phenoxy) is 1. The number of fused-ring (bicyclic) bond motifs is 1. The predicted molar refractivity (Wildman–Crippen MR) is 138 cm³/mol. The molecule has 1 heterocycles. The molecular weight excluding hydrogens is 464 g/mol. The highest BCUT2D eigenvalue weighted by Gasteiger charge is 2.22. The van der Waals surface area contributed by atoms with Gasteiger partial charge >= 0.3 is 0 Å². The molecule has 0 unspecified atom stereocenters. The monoisotopic (exact) mass is 490 g/mol. The number of amides is 2. The third kappa shape index (κ3) is 6.00. The summed E-state index contributed by atoms with van der Waals surface area (Å²) in [7, 11) is 0. The number of nitrogens with zero attached hydrogens (tertiary/aromatic N) is 3. The first-order chi connectivity index (χ1) is 16.9. The van der Waals surface area contributed by atoms with Gasteiger partial charge in [0.05, 0.1) is 17.6 Å². The Labute approximate surface area is 209 Å². The molecular formula is C27H27ClN4O3. The van der Waals surface area contributed by atoms with Crippen molar-refractivity contribution in [1.29, 1.82) is 0 Å². The van der Waals surface area contributed by atoms with Crippen LogP contribution in [0.4, 0.5) is 5.69 Å². The summed E-state index contributed by atoms with van der Waals surface area (Å²) in [6.07, 6.45) is 0. The second-order valence-electron chi connectivity index (χ2n) is 8.32. The van der Waals surface area contributed by atoms with Gasteiger partial charge in [0, 0.05) is 16.8 Å². The SMILES string of the molecule is CC(C)N(C(=O)Cn1c(CNC(=O)COc2ccc(Cl)cc2)nc2ccccc21)c1ccccc1. The Morgan fingerprint density at radius 1 is 1.00 bits per heavy atom. The van der Waals surface area contributed by atoms with Gasteiger partial charge in [-0.1, -0.05) is 41.9 Å².